The topological polar surface area (TPSA) is 57.6 Å². The lowest BCUT2D eigenvalue weighted by molar-refractivity contribution is -0.141. The second kappa shape index (κ2) is 6.73. The Hall–Kier alpha value is -1.21. The Balaban J connectivity index is 1.99. The van der Waals surface area contributed by atoms with Gasteiger partial charge in [0, 0.05) is 5.75 Å². The maximum atomic E-state index is 12.8. The molecule has 2 aromatic rings. The maximum Gasteiger partial charge on any atom is 0.327 e. The molecule has 0 spiro atoms. The van der Waals surface area contributed by atoms with Gasteiger partial charge in [0.25, 0.3) is 5.91 Å². The maximum absolute atomic E-state index is 12.8. The molecule has 1 N–H and O–H groups in total. The SMILES string of the molecule is O=C(O)C1CSC(c2ccc(Cl)c(Cl)c2)N1C(=O)c1cccs1. The van der Waals surface area contributed by atoms with Crippen LogP contribution in [0.25, 0.3) is 0 Å². The molecule has 2 heterocycles. The van der Waals surface area contributed by atoms with E-state index >= 15 is 0 Å². The molecule has 1 fully saturated rings. The lowest BCUT2D eigenvalue weighted by Crippen LogP contribution is -2.42. The molecular weight excluding hydrogens is 377 g/mol. The van der Waals surface area contributed by atoms with Crippen molar-refractivity contribution >= 4 is 58.2 Å². The van der Waals surface area contributed by atoms with Crippen LogP contribution in [0.15, 0.2) is 35.7 Å². The van der Waals surface area contributed by atoms with E-state index < -0.39 is 17.4 Å². The van der Waals surface area contributed by atoms with Crippen LogP contribution in [0.3, 0.4) is 0 Å². The number of hydrogen-bond acceptors (Lipinski definition) is 4. The van der Waals surface area contributed by atoms with Gasteiger partial charge >= 0.3 is 5.97 Å². The van der Waals surface area contributed by atoms with Crippen molar-refractivity contribution in [3.05, 3.63) is 56.2 Å². The second-order valence-electron chi connectivity index (χ2n) is 4.90. The number of aliphatic carboxylic acids is 1. The van der Waals surface area contributed by atoms with E-state index in [9.17, 15) is 14.7 Å². The minimum absolute atomic E-state index is 0.284. The first-order valence-corrected chi connectivity index (χ1v) is 9.33. The molecule has 1 aromatic heterocycles. The third-order valence-electron chi connectivity index (χ3n) is 3.48. The first kappa shape index (κ1) is 16.6. The fourth-order valence-electron chi connectivity index (χ4n) is 2.39. The summed E-state index contributed by atoms with van der Waals surface area (Å²) in [6.45, 7) is 0. The Morgan fingerprint density at radius 1 is 1.22 bits per heavy atom. The van der Waals surface area contributed by atoms with Gasteiger partial charge in [-0.05, 0) is 29.1 Å². The van der Waals surface area contributed by atoms with Gasteiger partial charge in [0.15, 0.2) is 0 Å². The van der Waals surface area contributed by atoms with Crippen molar-refractivity contribution in [2.75, 3.05) is 5.75 Å². The minimum atomic E-state index is -1.01. The van der Waals surface area contributed by atoms with E-state index in [-0.39, 0.29) is 5.91 Å². The highest BCUT2D eigenvalue weighted by Crippen LogP contribution is 2.43. The monoisotopic (exact) mass is 387 g/mol. The average molecular weight is 388 g/mol. The van der Waals surface area contributed by atoms with Crippen LogP contribution in [0.5, 0.6) is 0 Å². The summed E-state index contributed by atoms with van der Waals surface area (Å²) < 4.78 is 0. The number of carbonyl (C=O) groups excluding carboxylic acids is 1. The quantitative estimate of drug-likeness (QED) is 0.847. The minimum Gasteiger partial charge on any atom is -0.480 e. The number of carboxylic acids is 1. The molecule has 1 amide bonds. The summed E-state index contributed by atoms with van der Waals surface area (Å²) in [5.74, 6) is -0.962. The summed E-state index contributed by atoms with van der Waals surface area (Å²) in [5, 5.41) is 11.6. The van der Waals surface area contributed by atoms with Crippen LogP contribution in [0.2, 0.25) is 10.0 Å². The van der Waals surface area contributed by atoms with Gasteiger partial charge in [-0.1, -0.05) is 35.3 Å². The van der Waals surface area contributed by atoms with Crippen molar-refractivity contribution in [2.24, 2.45) is 0 Å². The van der Waals surface area contributed by atoms with Crippen molar-refractivity contribution < 1.29 is 14.7 Å². The molecule has 1 aromatic carbocycles. The smallest absolute Gasteiger partial charge is 0.327 e. The van der Waals surface area contributed by atoms with E-state index in [1.165, 1.54) is 28.0 Å². The van der Waals surface area contributed by atoms with Gasteiger partial charge in [0.2, 0.25) is 0 Å². The fourth-order valence-corrected chi connectivity index (χ4v) is 4.78. The largest absolute Gasteiger partial charge is 0.480 e. The zero-order valence-electron chi connectivity index (χ0n) is 11.6. The highest BCUT2D eigenvalue weighted by Gasteiger charge is 2.43. The summed E-state index contributed by atoms with van der Waals surface area (Å²) in [5.41, 5.74) is 0.762. The second-order valence-corrected chi connectivity index (χ2v) is 7.78. The number of hydrogen-bond donors (Lipinski definition) is 1. The number of halogens is 2. The zero-order chi connectivity index (χ0) is 16.6. The molecule has 3 rings (SSSR count). The molecule has 4 nitrogen and oxygen atoms in total. The van der Waals surface area contributed by atoms with E-state index in [0.717, 1.165) is 5.56 Å². The van der Waals surface area contributed by atoms with Crippen molar-refractivity contribution in [3.63, 3.8) is 0 Å². The van der Waals surface area contributed by atoms with E-state index in [1.54, 1.807) is 35.7 Å². The van der Waals surface area contributed by atoms with Crippen LogP contribution in [0, 0.1) is 0 Å². The third-order valence-corrected chi connectivity index (χ3v) is 6.40. The van der Waals surface area contributed by atoms with E-state index in [1.807, 2.05) is 0 Å². The van der Waals surface area contributed by atoms with Crippen LogP contribution in [0.1, 0.15) is 20.6 Å². The molecule has 120 valence electrons. The lowest BCUT2D eigenvalue weighted by Gasteiger charge is -2.27. The summed E-state index contributed by atoms with van der Waals surface area (Å²) in [6, 6.07) is 7.70. The highest BCUT2D eigenvalue weighted by atomic mass is 35.5. The standard InChI is InChI=1S/C15H11Cl2NO3S2/c16-9-4-3-8(6-10(9)17)14-18(11(7-23-14)15(20)21)13(19)12-2-1-5-22-12/h1-6,11,14H,7H2,(H,20,21). The number of nitrogens with zero attached hydrogens (tertiary/aromatic N) is 1. The van der Waals surface area contributed by atoms with Crippen molar-refractivity contribution in [1.82, 2.24) is 4.90 Å². The van der Waals surface area contributed by atoms with Gasteiger partial charge in [0.05, 0.1) is 14.9 Å². The number of benzene rings is 1. The summed E-state index contributed by atoms with van der Waals surface area (Å²) in [7, 11) is 0. The Kier molecular flexibility index (Phi) is 4.87. The molecule has 0 radical (unpaired) electrons. The number of carbonyl (C=O) groups is 2. The van der Waals surface area contributed by atoms with Gasteiger partial charge < -0.3 is 10.0 Å². The molecule has 8 heteroatoms. The molecule has 1 aliphatic rings. The van der Waals surface area contributed by atoms with Gasteiger partial charge in [-0.25, -0.2) is 4.79 Å². The third kappa shape index (κ3) is 3.21. The summed E-state index contributed by atoms with van der Waals surface area (Å²) >= 11 is 14.7. The Labute approximate surface area is 151 Å². The van der Waals surface area contributed by atoms with Crippen molar-refractivity contribution in [1.29, 1.82) is 0 Å². The van der Waals surface area contributed by atoms with Gasteiger partial charge in [-0.15, -0.1) is 23.1 Å². The predicted octanol–water partition coefficient (Wildman–Crippen LogP) is 4.40. The average Bonchev–Trinajstić information content (AvgIpc) is 3.18. The number of carboxylic acid groups (broad SMARTS) is 1. The molecule has 23 heavy (non-hydrogen) atoms. The van der Waals surface area contributed by atoms with Crippen LogP contribution >= 0.6 is 46.3 Å². The van der Waals surface area contributed by atoms with Crippen molar-refractivity contribution in [3.8, 4) is 0 Å². The van der Waals surface area contributed by atoms with Gasteiger partial charge in [0.1, 0.15) is 11.4 Å². The summed E-state index contributed by atoms with van der Waals surface area (Å²) in [4.78, 5) is 26.2. The van der Waals surface area contributed by atoms with E-state index in [0.29, 0.717) is 20.7 Å². The normalized spacial score (nSPS) is 20.7. The first-order chi connectivity index (χ1) is 11.0. The van der Waals surface area contributed by atoms with Crippen LogP contribution in [0.4, 0.5) is 0 Å². The molecule has 1 saturated heterocycles. The Bertz CT molecular complexity index is 751. The molecule has 0 saturated carbocycles. The van der Waals surface area contributed by atoms with E-state index in [2.05, 4.69) is 0 Å². The predicted molar refractivity (Wildman–Crippen MR) is 93.6 cm³/mol. The molecular formula is C15H11Cl2NO3S2. The number of rotatable bonds is 3. The van der Waals surface area contributed by atoms with Gasteiger partial charge in [-0.3, -0.25) is 4.79 Å². The Morgan fingerprint density at radius 2 is 2.00 bits per heavy atom. The zero-order valence-corrected chi connectivity index (χ0v) is 14.8. The van der Waals surface area contributed by atoms with Crippen LogP contribution in [-0.4, -0.2) is 33.7 Å². The highest BCUT2D eigenvalue weighted by molar-refractivity contribution is 7.99. The van der Waals surface area contributed by atoms with Crippen LogP contribution < -0.4 is 0 Å². The number of thiophene rings is 1. The molecule has 0 aliphatic carbocycles. The molecule has 1 aliphatic heterocycles. The van der Waals surface area contributed by atoms with Gasteiger partial charge in [-0.2, -0.15) is 0 Å². The molecule has 0 bridgehead atoms. The molecule has 2 atom stereocenters. The Morgan fingerprint density at radius 3 is 2.61 bits per heavy atom. The number of thioether (sulfide) groups is 1. The van der Waals surface area contributed by atoms with E-state index in [4.69, 9.17) is 23.2 Å². The lowest BCUT2D eigenvalue weighted by atomic mass is 10.1. The summed E-state index contributed by atoms with van der Waals surface area (Å²) in [6.07, 6.45) is 0. The first-order valence-electron chi connectivity index (χ1n) is 6.64. The van der Waals surface area contributed by atoms with Crippen LogP contribution in [-0.2, 0) is 4.79 Å². The van der Waals surface area contributed by atoms with Crippen molar-refractivity contribution in [2.45, 2.75) is 11.4 Å². The fraction of sp³-hybridized carbons (Fsp3) is 0.200. The number of amides is 1. The molecule has 2 unspecified atom stereocenters.